The third-order valence-electron chi connectivity index (χ3n) is 4.06. The van der Waals surface area contributed by atoms with E-state index < -0.39 is 0 Å². The van der Waals surface area contributed by atoms with Crippen LogP contribution in [0.3, 0.4) is 0 Å². The molecule has 0 saturated heterocycles. The van der Waals surface area contributed by atoms with Gasteiger partial charge in [-0.2, -0.15) is 0 Å². The molecule has 0 aliphatic heterocycles. The first-order valence-corrected chi connectivity index (χ1v) is 7.24. The van der Waals surface area contributed by atoms with E-state index in [1.807, 2.05) is 19.1 Å². The van der Waals surface area contributed by atoms with Crippen LogP contribution in [-0.2, 0) is 13.1 Å². The number of benzene rings is 1. The Bertz CT molecular complexity index is 671. The van der Waals surface area contributed by atoms with Crippen molar-refractivity contribution in [3.8, 4) is 0 Å². The van der Waals surface area contributed by atoms with E-state index in [0.717, 1.165) is 24.3 Å². The normalized spacial score (nSPS) is 10.7. The van der Waals surface area contributed by atoms with Gasteiger partial charge < -0.3 is 15.6 Å². The van der Waals surface area contributed by atoms with E-state index in [-0.39, 0.29) is 5.91 Å². The van der Waals surface area contributed by atoms with Crippen molar-refractivity contribution in [2.45, 2.75) is 40.8 Å². The molecule has 1 heterocycles. The minimum atomic E-state index is -0.389. The van der Waals surface area contributed by atoms with E-state index in [1.54, 1.807) is 6.07 Å². The highest BCUT2D eigenvalue weighted by atomic mass is 16.1. The maximum absolute atomic E-state index is 11.4. The molecular weight excluding hydrogens is 262 g/mol. The molecule has 1 aromatic carbocycles. The maximum Gasteiger partial charge on any atom is 0.249 e. The van der Waals surface area contributed by atoms with Gasteiger partial charge in [-0.15, -0.1) is 0 Å². The fraction of sp³-hybridized carbons (Fsp3) is 0.353. The van der Waals surface area contributed by atoms with Crippen molar-refractivity contribution in [3.05, 3.63) is 52.3 Å². The van der Waals surface area contributed by atoms with Gasteiger partial charge >= 0.3 is 0 Å². The van der Waals surface area contributed by atoms with Gasteiger partial charge in [0.1, 0.15) is 0 Å². The van der Waals surface area contributed by atoms with Crippen molar-refractivity contribution < 1.29 is 4.79 Å². The second-order valence-corrected chi connectivity index (χ2v) is 5.34. The van der Waals surface area contributed by atoms with Crippen molar-refractivity contribution in [3.63, 3.8) is 0 Å². The van der Waals surface area contributed by atoms with Crippen LogP contribution in [0.5, 0.6) is 0 Å². The highest BCUT2D eigenvalue weighted by molar-refractivity contribution is 5.95. The molecule has 0 aliphatic carbocycles. The number of hydrogen-bond acceptors (Lipinski definition) is 2. The number of anilines is 1. The largest absolute Gasteiger partial charge is 0.381 e. The molecular formula is C17H23N3O. The molecule has 0 bridgehead atoms. The van der Waals surface area contributed by atoms with Crippen molar-refractivity contribution >= 4 is 11.6 Å². The van der Waals surface area contributed by atoms with Crippen LogP contribution in [0, 0.1) is 20.8 Å². The monoisotopic (exact) mass is 285 g/mol. The molecule has 0 radical (unpaired) electrons. The first-order chi connectivity index (χ1) is 9.95. The first-order valence-electron chi connectivity index (χ1n) is 7.24. The van der Waals surface area contributed by atoms with E-state index in [4.69, 9.17) is 5.73 Å². The summed E-state index contributed by atoms with van der Waals surface area (Å²) in [6.07, 6.45) is 0. The lowest BCUT2D eigenvalue weighted by Gasteiger charge is -2.12. The van der Waals surface area contributed by atoms with Gasteiger partial charge in [-0.3, -0.25) is 4.79 Å². The predicted molar refractivity (Wildman–Crippen MR) is 86.6 cm³/mol. The number of nitrogens with zero attached hydrogens (tertiary/aromatic N) is 1. The van der Waals surface area contributed by atoms with E-state index >= 15 is 0 Å². The highest BCUT2D eigenvalue weighted by Crippen LogP contribution is 2.21. The summed E-state index contributed by atoms with van der Waals surface area (Å²) in [4.78, 5) is 11.4. The zero-order valence-corrected chi connectivity index (χ0v) is 13.2. The smallest absolute Gasteiger partial charge is 0.249 e. The van der Waals surface area contributed by atoms with Gasteiger partial charge in [0.05, 0.1) is 0 Å². The Hall–Kier alpha value is -2.23. The molecule has 0 unspecified atom stereocenters. The van der Waals surface area contributed by atoms with Crippen LogP contribution in [0.15, 0.2) is 24.3 Å². The first kappa shape index (κ1) is 15.2. The maximum atomic E-state index is 11.4. The summed E-state index contributed by atoms with van der Waals surface area (Å²) in [5.41, 5.74) is 11.6. The summed E-state index contributed by atoms with van der Waals surface area (Å²) in [5.74, 6) is -0.389. The molecule has 4 heteroatoms. The molecule has 112 valence electrons. The van der Waals surface area contributed by atoms with Crippen molar-refractivity contribution in [2.24, 2.45) is 5.73 Å². The fourth-order valence-electron chi connectivity index (χ4n) is 2.82. The van der Waals surface area contributed by atoms with Crippen LogP contribution in [0.25, 0.3) is 0 Å². The van der Waals surface area contributed by atoms with E-state index in [9.17, 15) is 4.79 Å². The summed E-state index contributed by atoms with van der Waals surface area (Å²) in [7, 11) is 0. The molecule has 3 N–H and O–H groups in total. The number of carbonyl (C=O) groups is 1. The summed E-state index contributed by atoms with van der Waals surface area (Å²) < 4.78 is 2.30. The lowest BCUT2D eigenvalue weighted by molar-refractivity contribution is 0.1000. The predicted octanol–water partition coefficient (Wildman–Crippen LogP) is 3.14. The number of amides is 1. The Morgan fingerprint density at radius 1 is 1.29 bits per heavy atom. The molecule has 1 amide bonds. The number of aryl methyl sites for hydroxylation is 1. The third kappa shape index (κ3) is 2.94. The van der Waals surface area contributed by atoms with Gasteiger partial charge in [0.25, 0.3) is 0 Å². The Morgan fingerprint density at radius 2 is 2.00 bits per heavy atom. The second kappa shape index (κ2) is 6.04. The molecule has 21 heavy (non-hydrogen) atoms. The van der Waals surface area contributed by atoms with Crippen LogP contribution in [0.4, 0.5) is 5.69 Å². The lowest BCUT2D eigenvalue weighted by atomic mass is 10.1. The molecule has 1 aromatic heterocycles. The molecule has 2 rings (SSSR count). The van der Waals surface area contributed by atoms with Gasteiger partial charge in [0.2, 0.25) is 5.91 Å². The van der Waals surface area contributed by atoms with Crippen LogP contribution in [0.1, 0.15) is 39.8 Å². The zero-order chi connectivity index (χ0) is 15.6. The number of aromatic nitrogens is 1. The quantitative estimate of drug-likeness (QED) is 0.886. The highest BCUT2D eigenvalue weighted by Gasteiger charge is 2.10. The number of nitrogens with one attached hydrogen (secondary N) is 1. The van der Waals surface area contributed by atoms with E-state index in [0.29, 0.717) is 5.56 Å². The number of carbonyl (C=O) groups excluding carboxylic acids is 1. The molecule has 2 aromatic rings. The Kier molecular flexibility index (Phi) is 4.36. The minimum Gasteiger partial charge on any atom is -0.381 e. The number of primary amides is 1. The van der Waals surface area contributed by atoms with Gasteiger partial charge in [0, 0.05) is 35.7 Å². The van der Waals surface area contributed by atoms with Crippen LogP contribution in [-0.4, -0.2) is 10.5 Å². The number of rotatable bonds is 5. The Balaban J connectivity index is 2.21. The fourth-order valence-corrected chi connectivity index (χ4v) is 2.82. The van der Waals surface area contributed by atoms with Crippen molar-refractivity contribution in [1.82, 2.24) is 4.57 Å². The van der Waals surface area contributed by atoms with Crippen LogP contribution < -0.4 is 11.1 Å². The van der Waals surface area contributed by atoms with E-state index in [2.05, 4.69) is 36.7 Å². The molecule has 4 nitrogen and oxygen atoms in total. The average Bonchev–Trinajstić information content (AvgIpc) is 2.71. The van der Waals surface area contributed by atoms with Crippen LogP contribution in [0.2, 0.25) is 0 Å². The van der Waals surface area contributed by atoms with Crippen molar-refractivity contribution in [2.75, 3.05) is 5.32 Å². The molecule has 0 fully saturated rings. The molecule has 0 spiro atoms. The number of nitrogens with two attached hydrogens (primary N) is 1. The topological polar surface area (TPSA) is 60.1 Å². The second-order valence-electron chi connectivity index (χ2n) is 5.34. The summed E-state index contributed by atoms with van der Waals surface area (Å²) >= 11 is 0. The van der Waals surface area contributed by atoms with Crippen LogP contribution >= 0.6 is 0 Å². The summed E-state index contributed by atoms with van der Waals surface area (Å²) in [6, 6.07) is 7.79. The minimum absolute atomic E-state index is 0.389. The van der Waals surface area contributed by atoms with Gasteiger partial charge in [-0.1, -0.05) is 6.07 Å². The summed E-state index contributed by atoms with van der Waals surface area (Å²) in [6.45, 7) is 10.0. The average molecular weight is 285 g/mol. The Morgan fingerprint density at radius 3 is 2.57 bits per heavy atom. The van der Waals surface area contributed by atoms with Crippen molar-refractivity contribution in [1.29, 1.82) is 0 Å². The SMILES string of the molecule is CCn1c(C)cc(CNc2cccc(C(N)=O)c2C)c1C. The van der Waals surface area contributed by atoms with Gasteiger partial charge in [-0.05, 0) is 57.0 Å². The zero-order valence-electron chi connectivity index (χ0n) is 13.2. The molecule has 0 saturated carbocycles. The van der Waals surface area contributed by atoms with E-state index in [1.165, 1.54) is 17.0 Å². The third-order valence-corrected chi connectivity index (χ3v) is 4.06. The van der Waals surface area contributed by atoms with Gasteiger partial charge in [-0.25, -0.2) is 0 Å². The summed E-state index contributed by atoms with van der Waals surface area (Å²) in [5, 5.41) is 3.41. The number of hydrogen-bond donors (Lipinski definition) is 2. The van der Waals surface area contributed by atoms with Gasteiger partial charge in [0.15, 0.2) is 0 Å². The standard InChI is InChI=1S/C17H23N3O/c1-5-20-11(2)9-14(13(20)4)10-19-16-8-6-7-15(12(16)3)17(18)21/h6-9,19H,5,10H2,1-4H3,(H2,18,21). The Labute approximate surface area is 126 Å². The molecule has 0 atom stereocenters. The lowest BCUT2D eigenvalue weighted by Crippen LogP contribution is -2.14. The molecule has 0 aliphatic rings.